The van der Waals surface area contributed by atoms with E-state index in [1.54, 1.807) is 6.20 Å². The molecule has 0 bridgehead atoms. The van der Waals surface area contributed by atoms with E-state index in [2.05, 4.69) is 15.0 Å². The highest BCUT2D eigenvalue weighted by Crippen LogP contribution is 2.12. The van der Waals surface area contributed by atoms with Crippen molar-refractivity contribution in [3.05, 3.63) is 30.7 Å². The second-order valence-electron chi connectivity index (χ2n) is 2.53. The lowest BCUT2D eigenvalue weighted by Gasteiger charge is -2.03. The van der Waals surface area contributed by atoms with Crippen LogP contribution in [-0.2, 0) is 0 Å². The number of imidazole rings is 1. The minimum absolute atomic E-state index is 0.246. The Morgan fingerprint density at radius 3 is 3.00 bits per heavy atom. The average Bonchev–Trinajstić information content (AvgIpc) is 2.66. The smallest absolute Gasteiger partial charge is 0.218 e. The van der Waals surface area contributed by atoms with Crippen molar-refractivity contribution in [1.29, 1.82) is 5.26 Å². The first kappa shape index (κ1) is 8.19. The van der Waals surface area contributed by atoms with Gasteiger partial charge in [-0.1, -0.05) is 0 Å². The van der Waals surface area contributed by atoms with Gasteiger partial charge in [-0.3, -0.25) is 4.57 Å². The van der Waals surface area contributed by atoms with Crippen molar-refractivity contribution in [2.45, 2.75) is 0 Å². The maximum absolute atomic E-state index is 8.74. The van der Waals surface area contributed by atoms with E-state index in [0.29, 0.717) is 11.5 Å². The van der Waals surface area contributed by atoms with Gasteiger partial charge in [0.05, 0.1) is 11.9 Å². The lowest BCUT2D eigenvalue weighted by atomic mass is 10.4. The highest BCUT2D eigenvalue weighted by atomic mass is 15.1. The molecule has 2 N–H and O–H groups in total. The number of hydrogen-bond donors (Lipinski definition) is 1. The van der Waals surface area contributed by atoms with E-state index in [4.69, 9.17) is 11.0 Å². The van der Waals surface area contributed by atoms with Crippen LogP contribution >= 0.6 is 0 Å². The predicted octanol–water partition coefficient (Wildman–Crippen LogP) is 0.116. The number of aromatic nitrogens is 4. The van der Waals surface area contributed by atoms with Gasteiger partial charge in [0.2, 0.25) is 5.82 Å². The second kappa shape index (κ2) is 3.14. The van der Waals surface area contributed by atoms with Crippen molar-refractivity contribution in [1.82, 2.24) is 19.5 Å². The van der Waals surface area contributed by atoms with Gasteiger partial charge in [-0.2, -0.15) is 5.26 Å². The average molecular weight is 186 g/mol. The molecule has 0 unspecified atom stereocenters. The minimum atomic E-state index is 0.246. The Balaban J connectivity index is 2.62. The molecule has 0 atom stereocenters. The van der Waals surface area contributed by atoms with E-state index in [1.807, 2.05) is 6.07 Å². The fraction of sp³-hybridized carbons (Fsp3) is 0. The summed E-state index contributed by atoms with van der Waals surface area (Å²) in [7, 11) is 0. The molecule has 0 saturated carbocycles. The predicted molar refractivity (Wildman–Crippen MR) is 48.3 cm³/mol. The third-order valence-electron chi connectivity index (χ3n) is 1.69. The molecule has 0 saturated heterocycles. The van der Waals surface area contributed by atoms with Crippen LogP contribution in [0, 0.1) is 11.3 Å². The normalized spacial score (nSPS) is 9.64. The van der Waals surface area contributed by atoms with Crippen molar-refractivity contribution in [2.24, 2.45) is 0 Å². The molecule has 6 heteroatoms. The summed E-state index contributed by atoms with van der Waals surface area (Å²) in [6, 6.07) is 1.94. The zero-order valence-electron chi connectivity index (χ0n) is 7.12. The monoisotopic (exact) mass is 186 g/mol. The van der Waals surface area contributed by atoms with E-state index < -0.39 is 0 Å². The Morgan fingerprint density at radius 2 is 2.29 bits per heavy atom. The first-order valence-corrected chi connectivity index (χ1v) is 3.82. The molecular formula is C8H6N6. The second-order valence-corrected chi connectivity index (χ2v) is 2.53. The number of nitriles is 1. The van der Waals surface area contributed by atoms with Crippen LogP contribution in [0.25, 0.3) is 5.82 Å². The van der Waals surface area contributed by atoms with Gasteiger partial charge in [0.15, 0.2) is 5.82 Å². The molecule has 0 radical (unpaired) electrons. The van der Waals surface area contributed by atoms with Crippen LogP contribution in [0.2, 0.25) is 0 Å². The lowest BCUT2D eigenvalue weighted by molar-refractivity contribution is 0.954. The zero-order chi connectivity index (χ0) is 9.97. The highest BCUT2D eigenvalue weighted by Gasteiger charge is 2.07. The summed E-state index contributed by atoms with van der Waals surface area (Å²) < 4.78 is 1.51. The lowest BCUT2D eigenvalue weighted by Crippen LogP contribution is -2.04. The van der Waals surface area contributed by atoms with Gasteiger partial charge in [-0.25, -0.2) is 15.0 Å². The fourth-order valence-corrected chi connectivity index (χ4v) is 1.09. The van der Waals surface area contributed by atoms with Gasteiger partial charge in [-0.15, -0.1) is 0 Å². The van der Waals surface area contributed by atoms with Crippen molar-refractivity contribution in [3.63, 3.8) is 0 Å². The largest absolute Gasteiger partial charge is 0.394 e. The molecule has 6 nitrogen and oxygen atoms in total. The summed E-state index contributed by atoms with van der Waals surface area (Å²) >= 11 is 0. The summed E-state index contributed by atoms with van der Waals surface area (Å²) in [5.41, 5.74) is 6.06. The van der Waals surface area contributed by atoms with E-state index in [9.17, 15) is 0 Å². The number of nitrogens with two attached hydrogens (primary N) is 1. The van der Waals surface area contributed by atoms with E-state index >= 15 is 0 Å². The van der Waals surface area contributed by atoms with E-state index in [0.717, 1.165) is 0 Å². The topological polar surface area (TPSA) is 93.4 Å². The molecule has 0 amide bonds. The zero-order valence-corrected chi connectivity index (χ0v) is 7.12. The summed E-state index contributed by atoms with van der Waals surface area (Å²) in [6.45, 7) is 0. The quantitative estimate of drug-likeness (QED) is 0.682. The number of anilines is 1. The van der Waals surface area contributed by atoms with Crippen LogP contribution in [0.4, 0.5) is 5.69 Å². The van der Waals surface area contributed by atoms with Crippen LogP contribution in [0.1, 0.15) is 5.82 Å². The molecule has 0 fully saturated rings. The molecule has 0 aliphatic rings. The Hall–Kier alpha value is -2.42. The molecule has 0 spiro atoms. The first-order chi connectivity index (χ1) is 6.83. The molecule has 0 aliphatic carbocycles. The minimum Gasteiger partial charge on any atom is -0.394 e. The summed E-state index contributed by atoms with van der Waals surface area (Å²) in [4.78, 5) is 11.6. The molecule has 68 valence electrons. The Labute approximate surface area is 79.7 Å². The van der Waals surface area contributed by atoms with Crippen LogP contribution in [0.15, 0.2) is 24.9 Å². The van der Waals surface area contributed by atoms with Gasteiger partial charge in [-0.05, 0) is 0 Å². The number of nitrogen functional groups attached to an aromatic ring is 1. The Morgan fingerprint density at radius 1 is 1.43 bits per heavy atom. The van der Waals surface area contributed by atoms with Crippen molar-refractivity contribution in [3.8, 4) is 11.9 Å². The molecular weight excluding hydrogens is 180 g/mol. The molecule has 14 heavy (non-hydrogen) atoms. The summed E-state index contributed by atoms with van der Waals surface area (Å²) in [6.07, 6.45) is 5.98. The van der Waals surface area contributed by atoms with Crippen molar-refractivity contribution < 1.29 is 0 Å². The molecule has 2 heterocycles. The Kier molecular flexibility index (Phi) is 1.84. The van der Waals surface area contributed by atoms with Crippen LogP contribution < -0.4 is 5.73 Å². The Bertz CT molecular complexity index is 495. The third-order valence-corrected chi connectivity index (χ3v) is 1.69. The van der Waals surface area contributed by atoms with Gasteiger partial charge in [0.1, 0.15) is 12.4 Å². The van der Waals surface area contributed by atoms with Gasteiger partial charge >= 0.3 is 0 Å². The van der Waals surface area contributed by atoms with Gasteiger partial charge in [0, 0.05) is 12.4 Å². The summed E-state index contributed by atoms with van der Waals surface area (Å²) in [5.74, 6) is 0.712. The van der Waals surface area contributed by atoms with E-state index in [-0.39, 0.29) is 5.82 Å². The maximum Gasteiger partial charge on any atom is 0.218 e. The molecule has 0 aliphatic heterocycles. The maximum atomic E-state index is 8.74. The molecule has 2 rings (SSSR count). The van der Waals surface area contributed by atoms with Crippen molar-refractivity contribution in [2.75, 3.05) is 5.73 Å². The van der Waals surface area contributed by atoms with Gasteiger partial charge < -0.3 is 5.73 Å². The van der Waals surface area contributed by atoms with Crippen LogP contribution in [0.3, 0.4) is 0 Å². The standard InChI is InChI=1S/C8H6N6/c9-3-7-12-1-2-14(7)8-6(10)4-11-5-13-8/h1-2,4-5H,10H2. The van der Waals surface area contributed by atoms with Crippen molar-refractivity contribution >= 4 is 5.69 Å². The van der Waals surface area contributed by atoms with Gasteiger partial charge in [0.25, 0.3) is 0 Å². The first-order valence-electron chi connectivity index (χ1n) is 3.82. The number of hydrogen-bond acceptors (Lipinski definition) is 5. The fourth-order valence-electron chi connectivity index (χ4n) is 1.09. The number of rotatable bonds is 1. The number of nitrogens with zero attached hydrogens (tertiary/aromatic N) is 5. The molecule has 2 aromatic rings. The molecule has 0 aromatic carbocycles. The van der Waals surface area contributed by atoms with Crippen LogP contribution in [-0.4, -0.2) is 19.5 Å². The van der Waals surface area contributed by atoms with E-state index in [1.165, 1.54) is 23.3 Å². The highest BCUT2D eigenvalue weighted by molar-refractivity contribution is 5.51. The van der Waals surface area contributed by atoms with Crippen LogP contribution in [0.5, 0.6) is 0 Å². The SMILES string of the molecule is N#Cc1nccn1-c1ncncc1N. The third kappa shape index (κ3) is 1.17. The molecule has 2 aromatic heterocycles. The summed E-state index contributed by atoms with van der Waals surface area (Å²) in [5, 5.41) is 8.74.